The van der Waals surface area contributed by atoms with Crippen molar-refractivity contribution in [1.29, 1.82) is 0 Å². The quantitative estimate of drug-likeness (QED) is 0.383. The third-order valence-electron chi connectivity index (χ3n) is 2.49. The number of non-ortho nitro benzene ring substituents is 1. The zero-order valence-corrected chi connectivity index (χ0v) is 14.0. The minimum atomic E-state index is -0.435. The minimum Gasteiger partial charge on any atom is -0.497 e. The first-order valence-corrected chi connectivity index (χ1v) is 7.34. The highest BCUT2D eigenvalue weighted by molar-refractivity contribution is 14.1. The third-order valence-corrected chi connectivity index (χ3v) is 3.95. The van der Waals surface area contributed by atoms with Crippen molar-refractivity contribution in [1.82, 2.24) is 0 Å². The van der Waals surface area contributed by atoms with E-state index in [4.69, 9.17) is 9.47 Å². The van der Waals surface area contributed by atoms with Gasteiger partial charge in [0.2, 0.25) is 0 Å². The summed E-state index contributed by atoms with van der Waals surface area (Å²) in [5, 5.41) is 10.7. The lowest BCUT2D eigenvalue weighted by atomic mass is 10.3. The molecule has 0 aliphatic carbocycles. The molecule has 0 amide bonds. The summed E-state index contributed by atoms with van der Waals surface area (Å²) in [5.74, 6) is 1.88. The van der Waals surface area contributed by atoms with Gasteiger partial charge in [-0.3, -0.25) is 10.1 Å². The number of rotatable bonds is 4. The van der Waals surface area contributed by atoms with Gasteiger partial charge < -0.3 is 9.47 Å². The smallest absolute Gasteiger partial charge is 0.270 e. The maximum atomic E-state index is 10.7. The molecule has 0 unspecified atom stereocenters. The summed E-state index contributed by atoms with van der Waals surface area (Å²) in [5.41, 5.74) is 0.0375. The van der Waals surface area contributed by atoms with Crippen LogP contribution in [0, 0.1) is 13.7 Å². The highest BCUT2D eigenvalue weighted by atomic mass is 127. The average molecular weight is 450 g/mol. The van der Waals surface area contributed by atoms with Crippen LogP contribution in [0.15, 0.2) is 40.9 Å². The first-order chi connectivity index (χ1) is 9.51. The van der Waals surface area contributed by atoms with E-state index in [1.54, 1.807) is 31.4 Å². The number of hydrogen-bond acceptors (Lipinski definition) is 4. The third kappa shape index (κ3) is 3.40. The van der Waals surface area contributed by atoms with Crippen molar-refractivity contribution in [3.63, 3.8) is 0 Å². The number of benzene rings is 2. The van der Waals surface area contributed by atoms with Gasteiger partial charge in [-0.1, -0.05) is 0 Å². The molecule has 0 radical (unpaired) electrons. The van der Waals surface area contributed by atoms with E-state index in [-0.39, 0.29) is 5.69 Å². The van der Waals surface area contributed by atoms with Gasteiger partial charge in [0, 0.05) is 12.1 Å². The summed E-state index contributed by atoms with van der Waals surface area (Å²) >= 11 is 5.39. The van der Waals surface area contributed by atoms with E-state index >= 15 is 0 Å². The largest absolute Gasteiger partial charge is 0.497 e. The van der Waals surface area contributed by atoms with Gasteiger partial charge in [0.1, 0.15) is 17.2 Å². The maximum absolute atomic E-state index is 10.7. The van der Waals surface area contributed by atoms with Crippen LogP contribution in [0.25, 0.3) is 0 Å². The van der Waals surface area contributed by atoms with Gasteiger partial charge >= 0.3 is 0 Å². The van der Waals surface area contributed by atoms with Gasteiger partial charge in [0.05, 0.1) is 20.1 Å². The molecular formula is C13H9BrINO4. The first-order valence-electron chi connectivity index (χ1n) is 5.46. The number of nitro groups is 1. The average Bonchev–Trinajstić information content (AvgIpc) is 2.42. The van der Waals surface area contributed by atoms with E-state index in [0.717, 1.165) is 4.47 Å². The molecule has 7 heteroatoms. The Hall–Kier alpha value is -1.35. The molecule has 0 aliphatic rings. The Labute approximate surface area is 137 Å². The predicted molar refractivity (Wildman–Crippen MR) is 86.6 cm³/mol. The van der Waals surface area contributed by atoms with Crippen LogP contribution in [0.1, 0.15) is 0 Å². The van der Waals surface area contributed by atoms with Crippen molar-refractivity contribution < 1.29 is 14.4 Å². The van der Waals surface area contributed by atoms with Gasteiger partial charge in [0.15, 0.2) is 0 Å². The zero-order chi connectivity index (χ0) is 14.7. The van der Waals surface area contributed by atoms with E-state index in [2.05, 4.69) is 15.9 Å². The Bertz CT molecular complexity index is 663. The van der Waals surface area contributed by atoms with E-state index in [1.807, 2.05) is 22.6 Å². The van der Waals surface area contributed by atoms with E-state index in [1.165, 1.54) is 12.1 Å². The SMILES string of the molecule is COc1ccc(Oc2ccc([N+](=O)[O-])cc2I)c(Br)c1. The molecule has 0 fully saturated rings. The molecule has 0 aromatic heterocycles. The van der Waals surface area contributed by atoms with Gasteiger partial charge in [-0.05, 0) is 62.8 Å². The van der Waals surface area contributed by atoms with Gasteiger partial charge in [-0.2, -0.15) is 0 Å². The van der Waals surface area contributed by atoms with Gasteiger partial charge in [-0.25, -0.2) is 0 Å². The number of methoxy groups -OCH3 is 1. The summed E-state index contributed by atoms with van der Waals surface area (Å²) < 4.78 is 12.3. The Morgan fingerprint density at radius 3 is 2.45 bits per heavy atom. The fourth-order valence-electron chi connectivity index (χ4n) is 1.50. The monoisotopic (exact) mass is 449 g/mol. The molecule has 5 nitrogen and oxygen atoms in total. The van der Waals surface area contributed by atoms with E-state index < -0.39 is 4.92 Å². The molecule has 0 atom stereocenters. The Balaban J connectivity index is 2.28. The molecular weight excluding hydrogens is 441 g/mol. The number of ether oxygens (including phenoxy) is 2. The van der Waals surface area contributed by atoms with Crippen LogP contribution in [-0.2, 0) is 0 Å². The van der Waals surface area contributed by atoms with Crippen molar-refractivity contribution in [2.24, 2.45) is 0 Å². The van der Waals surface area contributed by atoms with Crippen LogP contribution < -0.4 is 9.47 Å². The minimum absolute atomic E-state index is 0.0375. The molecule has 0 spiro atoms. The van der Waals surface area contributed by atoms with Gasteiger partial charge in [0.25, 0.3) is 5.69 Å². The lowest BCUT2D eigenvalue weighted by molar-refractivity contribution is -0.385. The molecule has 20 heavy (non-hydrogen) atoms. The molecule has 0 heterocycles. The van der Waals surface area contributed by atoms with Crippen LogP contribution in [0.3, 0.4) is 0 Å². The van der Waals surface area contributed by atoms with Crippen molar-refractivity contribution in [3.05, 3.63) is 54.6 Å². The molecule has 0 aliphatic heterocycles. The molecule has 0 saturated heterocycles. The number of hydrogen-bond donors (Lipinski definition) is 0. The Morgan fingerprint density at radius 1 is 1.20 bits per heavy atom. The maximum Gasteiger partial charge on any atom is 0.270 e. The molecule has 2 rings (SSSR count). The Morgan fingerprint density at radius 2 is 1.90 bits per heavy atom. The van der Waals surface area contributed by atoms with Crippen LogP contribution >= 0.6 is 38.5 Å². The summed E-state index contributed by atoms with van der Waals surface area (Å²) in [6, 6.07) is 9.78. The molecule has 0 saturated carbocycles. The van der Waals surface area contributed by atoms with Gasteiger partial charge in [-0.15, -0.1) is 0 Å². The number of nitro benzene ring substituents is 1. The molecule has 104 valence electrons. The summed E-state index contributed by atoms with van der Waals surface area (Å²) in [6.07, 6.45) is 0. The fraction of sp³-hybridized carbons (Fsp3) is 0.0769. The first kappa shape index (κ1) is 15.0. The number of nitrogens with zero attached hydrogens (tertiary/aromatic N) is 1. The predicted octanol–water partition coefficient (Wildman–Crippen LogP) is 4.76. The second-order valence-electron chi connectivity index (χ2n) is 3.77. The number of halogens is 2. The second-order valence-corrected chi connectivity index (χ2v) is 5.79. The topological polar surface area (TPSA) is 61.6 Å². The Kier molecular flexibility index (Phi) is 4.81. The molecule has 2 aromatic carbocycles. The lowest BCUT2D eigenvalue weighted by Gasteiger charge is -2.10. The standard InChI is InChI=1S/C13H9BrINO4/c1-19-9-3-5-12(10(14)7-9)20-13-4-2-8(16(17)18)6-11(13)15/h2-7H,1H3. The fourth-order valence-corrected chi connectivity index (χ4v) is 2.54. The van der Waals surface area contributed by atoms with Crippen LogP contribution in [0.2, 0.25) is 0 Å². The van der Waals surface area contributed by atoms with Crippen molar-refractivity contribution in [2.45, 2.75) is 0 Å². The van der Waals surface area contributed by atoms with Crippen LogP contribution in [-0.4, -0.2) is 12.0 Å². The summed E-state index contributed by atoms with van der Waals surface area (Å²) in [6.45, 7) is 0. The summed E-state index contributed by atoms with van der Waals surface area (Å²) in [7, 11) is 1.58. The second kappa shape index (κ2) is 6.40. The lowest BCUT2D eigenvalue weighted by Crippen LogP contribution is -1.92. The highest BCUT2D eigenvalue weighted by Crippen LogP contribution is 2.35. The van der Waals surface area contributed by atoms with Crippen LogP contribution in [0.5, 0.6) is 17.2 Å². The van der Waals surface area contributed by atoms with Crippen molar-refractivity contribution in [2.75, 3.05) is 7.11 Å². The molecule has 0 N–H and O–H groups in total. The van der Waals surface area contributed by atoms with Crippen molar-refractivity contribution in [3.8, 4) is 17.2 Å². The van der Waals surface area contributed by atoms with E-state index in [9.17, 15) is 10.1 Å². The molecule has 0 bridgehead atoms. The molecule has 2 aromatic rings. The van der Waals surface area contributed by atoms with Crippen LogP contribution in [0.4, 0.5) is 5.69 Å². The summed E-state index contributed by atoms with van der Waals surface area (Å²) in [4.78, 5) is 10.3. The van der Waals surface area contributed by atoms with Crippen molar-refractivity contribution >= 4 is 44.2 Å². The zero-order valence-electron chi connectivity index (χ0n) is 10.3. The highest BCUT2D eigenvalue weighted by Gasteiger charge is 2.12. The normalized spacial score (nSPS) is 10.2. The van der Waals surface area contributed by atoms with E-state index in [0.29, 0.717) is 20.8 Å².